The van der Waals surface area contributed by atoms with Crippen LogP contribution in [0.3, 0.4) is 0 Å². The molecular weight excluding hydrogens is 294 g/mol. The highest BCUT2D eigenvalue weighted by Gasteiger charge is 2.16. The van der Waals surface area contributed by atoms with Crippen molar-refractivity contribution in [1.29, 1.82) is 0 Å². The molecule has 22 heavy (non-hydrogen) atoms. The van der Waals surface area contributed by atoms with Gasteiger partial charge in [-0.05, 0) is 17.2 Å². The number of halogens is 1. The van der Waals surface area contributed by atoms with Crippen LogP contribution in [0.1, 0.15) is 24.2 Å². The second-order valence-corrected chi connectivity index (χ2v) is 5.41. The van der Waals surface area contributed by atoms with Gasteiger partial charge in [0.05, 0.1) is 19.2 Å². The molecule has 0 radical (unpaired) electrons. The molecule has 0 saturated heterocycles. The number of benzene rings is 2. The quantitative estimate of drug-likeness (QED) is 0.672. The zero-order chi connectivity index (χ0) is 14.9. The van der Waals surface area contributed by atoms with Crippen LogP contribution in [0.15, 0.2) is 66.7 Å². The van der Waals surface area contributed by atoms with Crippen molar-refractivity contribution in [3.8, 4) is 0 Å². The molecule has 2 aromatic rings. The molecule has 0 aromatic heterocycles. The molecule has 0 heterocycles. The van der Waals surface area contributed by atoms with Crippen molar-refractivity contribution in [2.75, 3.05) is 13.1 Å². The Morgan fingerprint density at radius 3 is 2.23 bits per heavy atom. The monoisotopic (exact) mass is 317 g/mol. The van der Waals surface area contributed by atoms with Crippen LogP contribution in [0.4, 0.5) is 0 Å². The fourth-order valence-corrected chi connectivity index (χ4v) is 2.33. The fourth-order valence-electron chi connectivity index (χ4n) is 2.33. The van der Waals surface area contributed by atoms with Crippen molar-refractivity contribution >= 4 is 6.08 Å². The minimum absolute atomic E-state index is 0. The summed E-state index contributed by atoms with van der Waals surface area (Å²) in [6, 6.07) is 20.2. The van der Waals surface area contributed by atoms with E-state index in [1.807, 2.05) is 48.5 Å². The molecule has 2 nitrogen and oxygen atoms in total. The molecule has 3 N–H and O–H groups in total. The second-order valence-electron chi connectivity index (χ2n) is 5.41. The number of hydrogen-bond donors (Lipinski definition) is 2. The molecule has 0 bridgehead atoms. The Labute approximate surface area is 139 Å². The maximum atomic E-state index is 10.3. The summed E-state index contributed by atoms with van der Waals surface area (Å²) in [6.07, 6.45) is 3.91. The molecule has 0 saturated carbocycles. The summed E-state index contributed by atoms with van der Waals surface area (Å²) in [5.41, 5.74) is 2.22. The topological polar surface area (TPSA) is 36.8 Å². The highest BCUT2D eigenvalue weighted by atomic mass is 35.5. The largest absolute Gasteiger partial charge is 1.00 e. The highest BCUT2D eigenvalue weighted by Crippen LogP contribution is 2.19. The van der Waals surface area contributed by atoms with Crippen molar-refractivity contribution in [2.45, 2.75) is 13.0 Å². The first kappa shape index (κ1) is 18.4. The van der Waals surface area contributed by atoms with E-state index < -0.39 is 0 Å². The number of aliphatic hydroxyl groups excluding tert-OH is 1. The highest BCUT2D eigenvalue weighted by molar-refractivity contribution is 5.48. The van der Waals surface area contributed by atoms with E-state index in [1.165, 1.54) is 5.56 Å². The van der Waals surface area contributed by atoms with Gasteiger partial charge in [0.2, 0.25) is 0 Å². The molecule has 0 aliphatic carbocycles. The lowest BCUT2D eigenvalue weighted by molar-refractivity contribution is -0.652. The van der Waals surface area contributed by atoms with E-state index in [0.717, 1.165) is 18.7 Å². The van der Waals surface area contributed by atoms with Gasteiger partial charge in [-0.1, -0.05) is 73.7 Å². The average Bonchev–Trinajstić information content (AvgIpc) is 2.55. The molecule has 0 spiro atoms. The third-order valence-corrected chi connectivity index (χ3v) is 3.63. The van der Waals surface area contributed by atoms with E-state index in [1.54, 1.807) is 0 Å². The molecule has 2 atom stereocenters. The van der Waals surface area contributed by atoms with E-state index in [-0.39, 0.29) is 24.4 Å². The Morgan fingerprint density at radius 2 is 1.59 bits per heavy atom. The minimum Gasteiger partial charge on any atom is -1.00 e. The number of rotatable bonds is 7. The Balaban J connectivity index is 0.00000242. The van der Waals surface area contributed by atoms with Crippen LogP contribution in [0, 0.1) is 5.92 Å². The van der Waals surface area contributed by atoms with Crippen LogP contribution in [-0.2, 0) is 0 Å². The first-order valence-electron chi connectivity index (χ1n) is 7.53. The van der Waals surface area contributed by atoms with Gasteiger partial charge < -0.3 is 22.8 Å². The van der Waals surface area contributed by atoms with E-state index in [2.05, 4.69) is 36.5 Å². The van der Waals surface area contributed by atoms with Crippen molar-refractivity contribution in [1.82, 2.24) is 0 Å². The fraction of sp³-hybridized carbons (Fsp3) is 0.263. The van der Waals surface area contributed by atoms with Gasteiger partial charge in [0.1, 0.15) is 0 Å². The predicted octanol–water partition coefficient (Wildman–Crippen LogP) is -0.363. The van der Waals surface area contributed by atoms with Gasteiger partial charge in [0.25, 0.3) is 0 Å². The van der Waals surface area contributed by atoms with Gasteiger partial charge in [0.15, 0.2) is 0 Å². The Morgan fingerprint density at radius 1 is 1.00 bits per heavy atom. The minimum atomic E-state index is -0.388. The third-order valence-electron chi connectivity index (χ3n) is 3.63. The third kappa shape index (κ3) is 6.02. The standard InChI is InChI=1S/C19H23NO.ClH/c1-16(19(21)18-12-6-3-7-13-18)15-20-14-8-11-17-9-4-2-5-10-17;/h2-13,16,19-21H,14-15H2,1H3;1H. The number of quaternary nitrogens is 1. The zero-order valence-electron chi connectivity index (χ0n) is 12.9. The molecule has 0 aliphatic rings. The van der Waals surface area contributed by atoms with Gasteiger partial charge in [-0.15, -0.1) is 0 Å². The molecule has 0 aliphatic heterocycles. The summed E-state index contributed by atoms with van der Waals surface area (Å²) in [6.45, 7) is 3.94. The first-order chi connectivity index (χ1) is 10.3. The lowest BCUT2D eigenvalue weighted by Crippen LogP contribution is -3.00. The summed E-state index contributed by atoms with van der Waals surface area (Å²) in [5, 5.41) is 12.5. The van der Waals surface area contributed by atoms with Gasteiger partial charge in [-0.25, -0.2) is 0 Å². The molecule has 3 heteroatoms. The normalized spacial score (nSPS) is 13.5. The van der Waals surface area contributed by atoms with Crippen molar-refractivity contribution < 1.29 is 22.8 Å². The first-order valence-corrected chi connectivity index (χ1v) is 7.53. The molecule has 0 fully saturated rings. The SMILES string of the molecule is CC(C[NH2+]CC=Cc1ccccc1)C(O)c1ccccc1.[Cl-]. The van der Waals surface area contributed by atoms with E-state index in [9.17, 15) is 5.11 Å². The summed E-state index contributed by atoms with van der Waals surface area (Å²) >= 11 is 0. The summed E-state index contributed by atoms with van der Waals surface area (Å²) in [4.78, 5) is 0. The van der Waals surface area contributed by atoms with Gasteiger partial charge >= 0.3 is 0 Å². The Hall–Kier alpha value is -1.61. The van der Waals surface area contributed by atoms with Crippen LogP contribution >= 0.6 is 0 Å². The van der Waals surface area contributed by atoms with E-state index >= 15 is 0 Å². The number of aliphatic hydroxyl groups is 1. The average molecular weight is 318 g/mol. The smallest absolute Gasteiger partial charge is 0.0945 e. The Bertz CT molecular complexity index is 542. The van der Waals surface area contributed by atoms with Crippen molar-refractivity contribution in [2.24, 2.45) is 5.92 Å². The van der Waals surface area contributed by atoms with Gasteiger partial charge in [-0.2, -0.15) is 0 Å². The van der Waals surface area contributed by atoms with Crippen LogP contribution in [-0.4, -0.2) is 18.2 Å². The van der Waals surface area contributed by atoms with E-state index in [4.69, 9.17) is 0 Å². The Kier molecular flexibility index (Phi) is 8.53. The molecule has 2 unspecified atom stereocenters. The molecular formula is C19H24ClNO. The maximum absolute atomic E-state index is 10.3. The molecule has 118 valence electrons. The van der Waals surface area contributed by atoms with Crippen LogP contribution < -0.4 is 17.7 Å². The second kappa shape index (κ2) is 10.2. The summed E-state index contributed by atoms with van der Waals surface area (Å²) in [7, 11) is 0. The molecule has 0 amide bonds. The van der Waals surface area contributed by atoms with Gasteiger partial charge in [-0.3, -0.25) is 0 Å². The lowest BCUT2D eigenvalue weighted by atomic mass is 9.97. The maximum Gasteiger partial charge on any atom is 0.0945 e. The predicted molar refractivity (Wildman–Crippen MR) is 87.7 cm³/mol. The van der Waals surface area contributed by atoms with Crippen molar-refractivity contribution in [3.05, 3.63) is 77.9 Å². The van der Waals surface area contributed by atoms with Crippen LogP contribution in [0.5, 0.6) is 0 Å². The zero-order valence-corrected chi connectivity index (χ0v) is 13.7. The van der Waals surface area contributed by atoms with Crippen molar-refractivity contribution in [3.63, 3.8) is 0 Å². The number of hydrogen-bond acceptors (Lipinski definition) is 1. The van der Waals surface area contributed by atoms with E-state index in [0.29, 0.717) is 0 Å². The summed E-state index contributed by atoms with van der Waals surface area (Å²) < 4.78 is 0. The summed E-state index contributed by atoms with van der Waals surface area (Å²) in [5.74, 6) is 0.234. The number of nitrogens with two attached hydrogens (primary N) is 1. The molecule has 2 aromatic carbocycles. The van der Waals surface area contributed by atoms with Gasteiger partial charge in [0, 0.05) is 5.92 Å². The molecule has 2 rings (SSSR count). The lowest BCUT2D eigenvalue weighted by Gasteiger charge is -2.17. The van der Waals surface area contributed by atoms with Crippen LogP contribution in [0.25, 0.3) is 6.08 Å². The van der Waals surface area contributed by atoms with Crippen LogP contribution in [0.2, 0.25) is 0 Å².